The predicted molar refractivity (Wildman–Crippen MR) is 120 cm³/mol. The van der Waals surface area contributed by atoms with E-state index in [4.69, 9.17) is 13.3 Å². The SMILES string of the molecule is CCN(CC)c1ccc2cc(OS(=O)(=O)C3Oc4ccccc4N3S(=O)(=O)O)c(=O)oc2c1. The summed E-state index contributed by atoms with van der Waals surface area (Å²) < 4.78 is 74.6. The van der Waals surface area contributed by atoms with Crippen molar-refractivity contribution in [2.24, 2.45) is 0 Å². The number of ether oxygens (including phenoxy) is 1. The molecule has 1 aliphatic heterocycles. The van der Waals surface area contributed by atoms with E-state index >= 15 is 0 Å². The maximum Gasteiger partial charge on any atom is 0.380 e. The van der Waals surface area contributed by atoms with Gasteiger partial charge < -0.3 is 18.2 Å². The highest BCUT2D eigenvalue weighted by molar-refractivity contribution is 7.91. The van der Waals surface area contributed by atoms with Gasteiger partial charge in [0.05, 0.1) is 0 Å². The second-order valence-corrected chi connectivity index (χ2v) is 9.88. The average molecular weight is 497 g/mol. The monoisotopic (exact) mass is 496 g/mol. The van der Waals surface area contributed by atoms with E-state index < -0.39 is 37.4 Å². The Kier molecular flexibility index (Phi) is 5.72. The standard InChI is InChI=1S/C20H20N2O9S2/c1-3-21(4-2)14-10-9-13-11-18(19(23)29-17(13)12-14)31-32(24,25)20-22(33(26,27)28)15-7-5-6-8-16(15)30-20/h5-12,20H,3-4H2,1-2H3,(H,26,27,28). The summed E-state index contributed by atoms with van der Waals surface area (Å²) in [7, 11) is -10.00. The molecule has 0 fully saturated rings. The minimum absolute atomic E-state index is 0.109. The van der Waals surface area contributed by atoms with Crippen LogP contribution in [0.4, 0.5) is 11.4 Å². The minimum atomic E-state index is -5.06. The van der Waals surface area contributed by atoms with Gasteiger partial charge in [-0.2, -0.15) is 21.1 Å². The molecule has 3 aromatic rings. The smallest absolute Gasteiger partial charge is 0.380 e. The third-order valence-corrected chi connectivity index (χ3v) is 7.27. The molecule has 0 saturated carbocycles. The normalized spacial score (nSPS) is 15.8. The zero-order valence-corrected chi connectivity index (χ0v) is 19.2. The number of para-hydroxylation sites is 2. The molecule has 4 rings (SSSR count). The van der Waals surface area contributed by atoms with Crippen LogP contribution in [0.15, 0.2) is 57.7 Å². The fourth-order valence-corrected chi connectivity index (χ4v) is 5.83. The predicted octanol–water partition coefficient (Wildman–Crippen LogP) is 2.33. The van der Waals surface area contributed by atoms with Crippen LogP contribution >= 0.6 is 0 Å². The number of fused-ring (bicyclic) bond motifs is 2. The topological polar surface area (TPSA) is 144 Å². The van der Waals surface area contributed by atoms with E-state index in [9.17, 15) is 26.2 Å². The van der Waals surface area contributed by atoms with Crippen LogP contribution in [-0.4, -0.2) is 40.0 Å². The van der Waals surface area contributed by atoms with Crippen molar-refractivity contribution >= 4 is 42.8 Å². The van der Waals surface area contributed by atoms with Gasteiger partial charge in [0.15, 0.2) is 0 Å². The molecular formula is C20H20N2O9S2. The van der Waals surface area contributed by atoms with E-state index in [2.05, 4.69) is 0 Å². The Morgan fingerprint density at radius 2 is 1.76 bits per heavy atom. The third kappa shape index (κ3) is 4.21. The lowest BCUT2D eigenvalue weighted by atomic mass is 10.2. The van der Waals surface area contributed by atoms with E-state index in [-0.39, 0.29) is 21.3 Å². The molecule has 1 N–H and O–H groups in total. The number of benzene rings is 2. The summed E-state index contributed by atoms with van der Waals surface area (Å²) in [5.41, 5.74) is -2.54. The Bertz CT molecular complexity index is 1480. The number of nitrogens with zero attached hydrogens (tertiary/aromatic N) is 2. The third-order valence-electron chi connectivity index (χ3n) is 5.04. The minimum Gasteiger partial charge on any atom is -0.450 e. The molecule has 2 heterocycles. The first kappa shape index (κ1) is 22.9. The molecular weight excluding hydrogens is 476 g/mol. The molecule has 0 aliphatic carbocycles. The first-order valence-electron chi connectivity index (χ1n) is 9.84. The molecule has 1 unspecified atom stereocenters. The Morgan fingerprint density at radius 3 is 2.42 bits per heavy atom. The van der Waals surface area contributed by atoms with Gasteiger partial charge in [0.25, 0.3) is 0 Å². The maximum atomic E-state index is 12.9. The van der Waals surface area contributed by atoms with Gasteiger partial charge in [-0.15, -0.1) is 0 Å². The second-order valence-electron chi connectivity index (χ2n) is 7.03. The molecule has 176 valence electrons. The zero-order chi connectivity index (χ0) is 24.0. The van der Waals surface area contributed by atoms with Crippen LogP contribution in [0.5, 0.6) is 11.5 Å². The van der Waals surface area contributed by atoms with Gasteiger partial charge in [-0.3, -0.25) is 4.55 Å². The van der Waals surface area contributed by atoms with Gasteiger partial charge in [-0.1, -0.05) is 12.1 Å². The summed E-state index contributed by atoms with van der Waals surface area (Å²) in [5.74, 6) is -0.797. The molecule has 13 heteroatoms. The lowest BCUT2D eigenvalue weighted by Crippen LogP contribution is -2.46. The molecule has 1 aliphatic rings. The summed E-state index contributed by atoms with van der Waals surface area (Å²) in [6.07, 6.45) is 0. The van der Waals surface area contributed by atoms with Gasteiger partial charge in [0.1, 0.15) is 17.0 Å². The van der Waals surface area contributed by atoms with E-state index in [0.29, 0.717) is 5.39 Å². The molecule has 33 heavy (non-hydrogen) atoms. The summed E-state index contributed by atoms with van der Waals surface area (Å²) in [4.78, 5) is 14.5. The highest BCUT2D eigenvalue weighted by atomic mass is 32.2. The summed E-state index contributed by atoms with van der Waals surface area (Å²) in [6, 6.07) is 11.7. The van der Waals surface area contributed by atoms with Crippen molar-refractivity contribution in [3.8, 4) is 11.5 Å². The molecule has 0 spiro atoms. The van der Waals surface area contributed by atoms with Crippen LogP contribution in [0.25, 0.3) is 11.0 Å². The van der Waals surface area contributed by atoms with Crippen LogP contribution in [0.3, 0.4) is 0 Å². The average Bonchev–Trinajstić information content (AvgIpc) is 3.16. The highest BCUT2D eigenvalue weighted by Crippen LogP contribution is 2.40. The van der Waals surface area contributed by atoms with Crippen molar-refractivity contribution in [2.45, 2.75) is 19.4 Å². The lowest BCUT2D eigenvalue weighted by molar-refractivity contribution is 0.288. The van der Waals surface area contributed by atoms with Crippen molar-refractivity contribution in [3.05, 3.63) is 59.0 Å². The molecule has 0 bridgehead atoms. The van der Waals surface area contributed by atoms with Gasteiger partial charge in [0.2, 0.25) is 5.75 Å². The van der Waals surface area contributed by atoms with E-state index in [1.54, 1.807) is 18.2 Å². The van der Waals surface area contributed by atoms with Crippen LogP contribution in [-0.2, 0) is 20.4 Å². The summed E-state index contributed by atoms with van der Waals surface area (Å²) in [5, 5.41) is 0.387. The molecule has 11 nitrogen and oxygen atoms in total. The molecule has 1 atom stereocenters. The largest absolute Gasteiger partial charge is 0.450 e. The number of hydrogen-bond acceptors (Lipinski definition) is 9. The number of anilines is 2. The second kappa shape index (κ2) is 8.24. The Morgan fingerprint density at radius 1 is 1.06 bits per heavy atom. The highest BCUT2D eigenvalue weighted by Gasteiger charge is 2.48. The first-order chi connectivity index (χ1) is 15.5. The van der Waals surface area contributed by atoms with Crippen LogP contribution in [0, 0.1) is 0 Å². The molecule has 0 amide bonds. The van der Waals surface area contributed by atoms with Crippen molar-refractivity contribution in [2.75, 3.05) is 22.3 Å². The molecule has 2 aromatic carbocycles. The van der Waals surface area contributed by atoms with E-state index in [0.717, 1.165) is 18.8 Å². The lowest BCUT2D eigenvalue weighted by Gasteiger charge is -2.21. The fourth-order valence-electron chi connectivity index (χ4n) is 3.51. The number of rotatable bonds is 7. The van der Waals surface area contributed by atoms with Crippen LogP contribution in [0.1, 0.15) is 13.8 Å². The van der Waals surface area contributed by atoms with Gasteiger partial charge >= 0.3 is 31.6 Å². The fraction of sp³-hybridized carbons (Fsp3) is 0.250. The summed E-state index contributed by atoms with van der Waals surface area (Å²) >= 11 is 0. The maximum absolute atomic E-state index is 12.9. The van der Waals surface area contributed by atoms with Crippen molar-refractivity contribution in [1.82, 2.24) is 0 Å². The van der Waals surface area contributed by atoms with Crippen LogP contribution < -0.4 is 23.8 Å². The zero-order valence-electron chi connectivity index (χ0n) is 17.5. The first-order valence-corrected chi connectivity index (χ1v) is 12.7. The summed E-state index contributed by atoms with van der Waals surface area (Å²) in [6.45, 7) is 5.43. The quantitative estimate of drug-likeness (QED) is 0.294. The van der Waals surface area contributed by atoms with Crippen LogP contribution in [0.2, 0.25) is 0 Å². The molecule has 0 radical (unpaired) electrons. The Hall–Kier alpha value is -3.29. The van der Waals surface area contributed by atoms with Crippen molar-refractivity contribution < 1.29 is 34.7 Å². The van der Waals surface area contributed by atoms with Gasteiger partial charge in [0, 0.05) is 36.3 Å². The molecule has 1 aromatic heterocycles. The van der Waals surface area contributed by atoms with Gasteiger partial charge in [-0.05, 0) is 38.1 Å². The molecule has 0 saturated heterocycles. The van der Waals surface area contributed by atoms with E-state index in [1.807, 2.05) is 18.7 Å². The van der Waals surface area contributed by atoms with Gasteiger partial charge in [-0.25, -0.2) is 4.79 Å². The van der Waals surface area contributed by atoms with Crippen molar-refractivity contribution in [3.63, 3.8) is 0 Å². The number of hydrogen-bond donors (Lipinski definition) is 1. The van der Waals surface area contributed by atoms with E-state index in [1.165, 1.54) is 30.3 Å². The Balaban J connectivity index is 1.71. The Labute approximate surface area is 189 Å². The van der Waals surface area contributed by atoms with Crippen molar-refractivity contribution in [1.29, 1.82) is 0 Å².